The number of carboxylic acids is 1. The molecular formula is C23H25ClN2O5S. The summed E-state index contributed by atoms with van der Waals surface area (Å²) in [5, 5.41) is 11.2. The molecule has 170 valence electrons. The van der Waals surface area contributed by atoms with Crippen LogP contribution in [0.5, 0.6) is 0 Å². The predicted octanol–water partition coefficient (Wildman–Crippen LogP) is 5.18. The van der Waals surface area contributed by atoms with Gasteiger partial charge >= 0.3 is 5.97 Å². The zero-order chi connectivity index (χ0) is 23.8. The highest BCUT2D eigenvalue weighted by molar-refractivity contribution is 7.92. The van der Waals surface area contributed by atoms with Gasteiger partial charge in [0.2, 0.25) is 10.0 Å². The van der Waals surface area contributed by atoms with Crippen molar-refractivity contribution in [1.29, 1.82) is 0 Å². The lowest BCUT2D eigenvalue weighted by Gasteiger charge is -2.28. The minimum absolute atomic E-state index is 0.176. The van der Waals surface area contributed by atoms with Crippen LogP contribution in [0.2, 0.25) is 5.02 Å². The van der Waals surface area contributed by atoms with E-state index in [4.69, 9.17) is 16.3 Å². The molecule has 7 nitrogen and oxygen atoms in total. The number of nitrogens with zero attached hydrogens (tertiary/aromatic N) is 1. The van der Waals surface area contributed by atoms with Crippen molar-refractivity contribution in [3.63, 3.8) is 0 Å². The number of hydrogen-bond acceptors (Lipinski definition) is 5. The third kappa shape index (κ3) is 5.56. The molecule has 0 amide bonds. The van der Waals surface area contributed by atoms with Gasteiger partial charge in [-0.1, -0.05) is 23.7 Å². The van der Waals surface area contributed by atoms with Gasteiger partial charge in [-0.2, -0.15) is 0 Å². The quantitative estimate of drug-likeness (QED) is 0.508. The molecule has 0 fully saturated rings. The van der Waals surface area contributed by atoms with Crippen LogP contribution in [-0.2, 0) is 19.6 Å². The van der Waals surface area contributed by atoms with Gasteiger partial charge in [-0.3, -0.25) is 4.72 Å². The molecule has 0 aliphatic heterocycles. The first-order valence-corrected chi connectivity index (χ1v) is 12.1. The molecule has 1 atom stereocenters. The number of aliphatic carboxylic acids is 1. The summed E-state index contributed by atoms with van der Waals surface area (Å²) in [4.78, 5) is 16.7. The van der Waals surface area contributed by atoms with Crippen molar-refractivity contribution >= 4 is 44.3 Å². The highest BCUT2D eigenvalue weighted by atomic mass is 35.5. The number of aryl methyl sites for hydroxylation is 1. The third-order valence-electron chi connectivity index (χ3n) is 4.62. The summed E-state index contributed by atoms with van der Waals surface area (Å²) in [6.45, 7) is 7.18. The molecule has 0 spiro atoms. The van der Waals surface area contributed by atoms with Gasteiger partial charge in [0.1, 0.15) is 5.82 Å². The zero-order valence-electron chi connectivity index (χ0n) is 18.4. The Kier molecular flexibility index (Phi) is 6.51. The molecule has 0 saturated heterocycles. The summed E-state index contributed by atoms with van der Waals surface area (Å²) < 4.78 is 31.6. The molecule has 1 heterocycles. The number of nitrogens with one attached hydrogen (secondary N) is 1. The summed E-state index contributed by atoms with van der Waals surface area (Å²) >= 11 is 6.07. The van der Waals surface area contributed by atoms with E-state index in [2.05, 4.69) is 9.71 Å². The highest BCUT2D eigenvalue weighted by Gasteiger charge is 2.31. The SMILES string of the molecule is Cc1cc2nc(NS(C)(=O)=O)ccc2c(-c2ccc(Cl)cc2)c1C(OC(C)(C)C)C(=O)O. The maximum absolute atomic E-state index is 12.3. The molecule has 1 unspecified atom stereocenters. The highest BCUT2D eigenvalue weighted by Crippen LogP contribution is 2.40. The van der Waals surface area contributed by atoms with Gasteiger partial charge in [-0.05, 0) is 74.7 Å². The second-order valence-electron chi connectivity index (χ2n) is 8.57. The van der Waals surface area contributed by atoms with Gasteiger partial charge in [0.25, 0.3) is 0 Å². The number of aromatic nitrogens is 1. The van der Waals surface area contributed by atoms with Crippen LogP contribution in [0.15, 0.2) is 42.5 Å². The molecule has 0 aliphatic carbocycles. The molecule has 1 aromatic heterocycles. The van der Waals surface area contributed by atoms with E-state index in [0.717, 1.165) is 11.8 Å². The average molecular weight is 477 g/mol. The Morgan fingerprint density at radius 2 is 1.78 bits per heavy atom. The smallest absolute Gasteiger partial charge is 0.337 e. The largest absolute Gasteiger partial charge is 0.479 e. The standard InChI is InChI=1S/C23H25ClN2O5S/c1-13-12-17-16(10-11-18(25-17)26-32(5,29)30)20(14-6-8-15(24)9-7-14)19(13)21(22(27)28)31-23(2,3)4/h6-12,21H,1-5H3,(H,25,26)(H,27,28). The molecule has 2 N–H and O–H groups in total. The summed E-state index contributed by atoms with van der Waals surface area (Å²) in [5.74, 6) is -0.934. The number of fused-ring (bicyclic) bond motifs is 1. The molecule has 0 saturated carbocycles. The lowest BCUT2D eigenvalue weighted by Crippen LogP contribution is -2.28. The molecular weight excluding hydrogens is 452 g/mol. The Labute approximate surface area is 192 Å². The molecule has 3 aromatic rings. The fraction of sp³-hybridized carbons (Fsp3) is 0.304. The predicted molar refractivity (Wildman–Crippen MR) is 127 cm³/mol. The lowest BCUT2D eigenvalue weighted by atomic mass is 9.88. The number of rotatable bonds is 6. The number of pyridine rings is 1. The lowest BCUT2D eigenvalue weighted by molar-refractivity contribution is -0.160. The van der Waals surface area contributed by atoms with Gasteiger partial charge in [0, 0.05) is 16.0 Å². The van der Waals surface area contributed by atoms with Crippen molar-refractivity contribution in [3.8, 4) is 11.1 Å². The second kappa shape index (κ2) is 8.69. The van der Waals surface area contributed by atoms with Crippen molar-refractivity contribution in [2.75, 3.05) is 11.0 Å². The van der Waals surface area contributed by atoms with Crippen molar-refractivity contribution < 1.29 is 23.1 Å². The van der Waals surface area contributed by atoms with Crippen molar-refractivity contribution in [2.45, 2.75) is 39.4 Å². The van der Waals surface area contributed by atoms with E-state index in [9.17, 15) is 18.3 Å². The molecule has 0 radical (unpaired) electrons. The van der Waals surface area contributed by atoms with Gasteiger partial charge in [-0.15, -0.1) is 0 Å². The van der Waals surface area contributed by atoms with Crippen molar-refractivity contribution in [3.05, 3.63) is 58.6 Å². The summed E-state index contributed by atoms with van der Waals surface area (Å²) in [6, 6.07) is 12.1. The molecule has 0 bridgehead atoms. The number of ether oxygens (including phenoxy) is 1. The number of hydrogen-bond donors (Lipinski definition) is 2. The van der Waals surface area contributed by atoms with Crippen LogP contribution in [0, 0.1) is 6.92 Å². The molecule has 3 rings (SSSR count). The van der Waals surface area contributed by atoms with E-state index in [1.54, 1.807) is 70.2 Å². The minimum atomic E-state index is -3.50. The first-order valence-electron chi connectivity index (χ1n) is 9.84. The summed E-state index contributed by atoms with van der Waals surface area (Å²) in [7, 11) is -3.50. The summed E-state index contributed by atoms with van der Waals surface area (Å²) in [6.07, 6.45) is -0.174. The number of sulfonamides is 1. The van der Waals surface area contributed by atoms with Crippen molar-refractivity contribution in [2.24, 2.45) is 0 Å². The third-order valence-corrected chi connectivity index (χ3v) is 5.45. The number of halogens is 1. The number of anilines is 1. The molecule has 9 heteroatoms. The van der Waals surface area contributed by atoms with Gasteiger partial charge in [0.15, 0.2) is 6.10 Å². The minimum Gasteiger partial charge on any atom is -0.479 e. The maximum atomic E-state index is 12.3. The van der Waals surface area contributed by atoms with Crippen LogP contribution < -0.4 is 4.72 Å². The van der Waals surface area contributed by atoms with E-state index in [1.165, 1.54) is 0 Å². The molecule has 0 aliphatic rings. The van der Waals surface area contributed by atoms with E-state index in [0.29, 0.717) is 32.6 Å². The Morgan fingerprint density at radius 3 is 2.31 bits per heavy atom. The fourth-order valence-corrected chi connectivity index (χ4v) is 4.14. The van der Waals surface area contributed by atoms with Crippen LogP contribution in [0.25, 0.3) is 22.0 Å². The topological polar surface area (TPSA) is 106 Å². The fourth-order valence-electron chi connectivity index (χ4n) is 3.52. The summed E-state index contributed by atoms with van der Waals surface area (Å²) in [5.41, 5.74) is 2.36. The maximum Gasteiger partial charge on any atom is 0.337 e. The molecule has 2 aromatic carbocycles. The number of carboxylic acid groups (broad SMARTS) is 1. The second-order valence-corrected chi connectivity index (χ2v) is 10.8. The van der Waals surface area contributed by atoms with E-state index < -0.39 is 27.7 Å². The van der Waals surface area contributed by atoms with E-state index in [1.807, 2.05) is 0 Å². The van der Waals surface area contributed by atoms with E-state index in [-0.39, 0.29) is 5.82 Å². The Morgan fingerprint density at radius 1 is 1.16 bits per heavy atom. The number of carbonyl (C=O) groups is 1. The van der Waals surface area contributed by atoms with Crippen LogP contribution in [-0.4, -0.2) is 36.3 Å². The van der Waals surface area contributed by atoms with Gasteiger partial charge < -0.3 is 9.84 Å². The first-order chi connectivity index (χ1) is 14.7. The Bertz CT molecular complexity index is 1280. The van der Waals surface area contributed by atoms with Crippen LogP contribution in [0.3, 0.4) is 0 Å². The normalized spacial score (nSPS) is 13.2. The van der Waals surface area contributed by atoms with Crippen LogP contribution in [0.1, 0.15) is 38.0 Å². The van der Waals surface area contributed by atoms with E-state index >= 15 is 0 Å². The number of benzene rings is 2. The zero-order valence-corrected chi connectivity index (χ0v) is 20.0. The Balaban J connectivity index is 2.36. The van der Waals surface area contributed by atoms with Crippen LogP contribution in [0.4, 0.5) is 5.82 Å². The average Bonchev–Trinajstić information content (AvgIpc) is 2.64. The van der Waals surface area contributed by atoms with Crippen LogP contribution >= 0.6 is 11.6 Å². The van der Waals surface area contributed by atoms with Crippen molar-refractivity contribution in [1.82, 2.24) is 4.98 Å². The van der Waals surface area contributed by atoms with Gasteiger partial charge in [-0.25, -0.2) is 18.2 Å². The molecule has 32 heavy (non-hydrogen) atoms. The van der Waals surface area contributed by atoms with Gasteiger partial charge in [0.05, 0.1) is 17.4 Å². The monoisotopic (exact) mass is 476 g/mol. The first kappa shape index (κ1) is 24.0. The Hall–Kier alpha value is -2.68.